The molecule has 0 aromatic heterocycles. The summed E-state index contributed by atoms with van der Waals surface area (Å²) < 4.78 is 5.12. The van der Waals surface area contributed by atoms with Crippen LogP contribution < -0.4 is 9.92 Å². The maximum absolute atomic E-state index is 5.12. The summed E-state index contributed by atoms with van der Waals surface area (Å²) in [5, 5.41) is 1.23. The summed E-state index contributed by atoms with van der Waals surface area (Å²) in [6.45, 7) is 11.6. The molecule has 0 bridgehead atoms. The van der Waals surface area contributed by atoms with Gasteiger partial charge in [-0.2, -0.15) is 0 Å². The molecule has 0 spiro atoms. The van der Waals surface area contributed by atoms with Crippen molar-refractivity contribution in [3.8, 4) is 5.75 Å². The van der Waals surface area contributed by atoms with Crippen LogP contribution in [-0.4, -0.2) is 15.2 Å². The van der Waals surface area contributed by atoms with E-state index in [9.17, 15) is 0 Å². The van der Waals surface area contributed by atoms with Gasteiger partial charge in [-0.25, -0.2) is 0 Å². The molecule has 0 atom stereocenters. The van der Waals surface area contributed by atoms with E-state index in [1.165, 1.54) is 5.19 Å². The van der Waals surface area contributed by atoms with Crippen molar-refractivity contribution >= 4 is 13.3 Å². The average Bonchev–Trinajstić information content (AvgIpc) is 2.33. The lowest BCUT2D eigenvalue weighted by Crippen LogP contribution is -2.42. The molecule has 0 aliphatic heterocycles. The van der Waals surface area contributed by atoms with Crippen LogP contribution in [0.3, 0.4) is 0 Å². The van der Waals surface area contributed by atoms with Crippen LogP contribution in [0.25, 0.3) is 0 Å². The Hall–Kier alpha value is -1.54. The Balaban J connectivity index is 3.18. The monoisotopic (exact) mass is 216 g/mol. The molecule has 0 aliphatic rings. The summed E-state index contributed by atoms with van der Waals surface area (Å²) in [6.07, 6.45) is 0. The van der Waals surface area contributed by atoms with Gasteiger partial charge in [0.05, 0.1) is 7.11 Å². The predicted molar refractivity (Wildman–Crippen MR) is 69.0 cm³/mol. The van der Waals surface area contributed by atoms with Gasteiger partial charge in [0, 0.05) is 0 Å². The van der Waals surface area contributed by atoms with Gasteiger partial charge >= 0.3 is 0 Å². The molecule has 0 saturated carbocycles. The third-order valence-electron chi connectivity index (χ3n) is 2.60. The molecule has 78 valence electrons. The van der Waals surface area contributed by atoms with Gasteiger partial charge in [-0.1, -0.05) is 29.2 Å². The number of ether oxygens (including phenoxy) is 1. The average molecular weight is 216 g/mol. The fourth-order valence-corrected chi connectivity index (χ4v) is 3.43. The molecule has 1 nitrogen and oxygen atoms in total. The van der Waals surface area contributed by atoms with Gasteiger partial charge in [0.2, 0.25) is 0 Å². The van der Waals surface area contributed by atoms with Crippen LogP contribution in [0.4, 0.5) is 0 Å². The van der Waals surface area contributed by atoms with Crippen molar-refractivity contribution in [2.45, 2.75) is 0 Å². The van der Waals surface area contributed by atoms with Crippen molar-refractivity contribution in [2.24, 2.45) is 0 Å². The first-order valence-corrected chi connectivity index (χ1v) is 7.01. The fourth-order valence-electron chi connectivity index (χ4n) is 1.48. The summed E-state index contributed by atoms with van der Waals surface area (Å²) in [5.74, 6) is 0.860. The Labute approximate surface area is 92.4 Å². The van der Waals surface area contributed by atoms with Crippen molar-refractivity contribution in [3.05, 3.63) is 61.1 Å². The maximum Gasteiger partial charge on any atom is 0.156 e. The summed E-state index contributed by atoms with van der Waals surface area (Å²) in [7, 11) is -0.232. The molecule has 0 unspecified atom stereocenters. The molecular weight excluding hydrogens is 200 g/mol. The third kappa shape index (κ3) is 2.10. The van der Waals surface area contributed by atoms with Crippen molar-refractivity contribution in [3.63, 3.8) is 0 Å². The van der Waals surface area contributed by atoms with Gasteiger partial charge in [-0.3, -0.25) is 0 Å². The second-order valence-electron chi connectivity index (χ2n) is 3.27. The van der Waals surface area contributed by atoms with E-state index in [1.807, 2.05) is 29.2 Å². The van der Waals surface area contributed by atoms with Crippen LogP contribution in [0.15, 0.2) is 61.1 Å². The normalized spacial score (nSPS) is 10.5. The number of methoxy groups -OCH3 is 1. The van der Waals surface area contributed by atoms with Crippen LogP contribution >= 0.6 is 0 Å². The molecule has 0 fully saturated rings. The topological polar surface area (TPSA) is 9.23 Å². The number of rotatable bonds is 5. The predicted octanol–water partition coefficient (Wildman–Crippen LogP) is 2.53. The SMILES string of the molecule is C=C[Si](C=C)(C=C)c1ccc(OC)cc1. The Bertz CT molecular complexity index is 343. The standard InChI is InChI=1S/C13H16OSi/c1-5-15(6-2,7-3)13-10-8-12(14-4)9-11-13/h5-11H,1-3H2,4H3. The molecule has 2 heteroatoms. The summed E-state index contributed by atoms with van der Waals surface area (Å²) in [4.78, 5) is 0. The first kappa shape index (κ1) is 11.5. The van der Waals surface area contributed by atoms with E-state index in [0.29, 0.717) is 0 Å². The van der Waals surface area contributed by atoms with Crippen molar-refractivity contribution in [1.82, 2.24) is 0 Å². The molecule has 1 rings (SSSR count). The minimum atomic E-state index is -1.89. The largest absolute Gasteiger partial charge is 0.497 e. The second kappa shape index (κ2) is 4.80. The molecule has 1 aromatic carbocycles. The number of benzene rings is 1. The zero-order valence-corrected chi connectivity index (χ0v) is 10.1. The van der Waals surface area contributed by atoms with E-state index < -0.39 is 8.07 Å². The maximum atomic E-state index is 5.12. The van der Waals surface area contributed by atoms with Crippen LogP contribution in [-0.2, 0) is 0 Å². The summed E-state index contributed by atoms with van der Waals surface area (Å²) >= 11 is 0. The van der Waals surface area contributed by atoms with Crippen LogP contribution in [0, 0.1) is 0 Å². The van der Waals surface area contributed by atoms with Gasteiger partial charge in [0.25, 0.3) is 0 Å². The molecule has 0 aliphatic carbocycles. The third-order valence-corrected chi connectivity index (χ3v) is 5.96. The highest BCUT2D eigenvalue weighted by Gasteiger charge is 2.23. The van der Waals surface area contributed by atoms with Crippen LogP contribution in [0.5, 0.6) is 5.75 Å². The van der Waals surface area contributed by atoms with E-state index in [4.69, 9.17) is 4.74 Å². The van der Waals surface area contributed by atoms with Crippen molar-refractivity contribution in [1.29, 1.82) is 0 Å². The number of hydrogen-bond donors (Lipinski definition) is 0. The van der Waals surface area contributed by atoms with E-state index in [-0.39, 0.29) is 0 Å². The summed E-state index contributed by atoms with van der Waals surface area (Å²) in [6, 6.07) is 8.01. The molecule has 0 amide bonds. The van der Waals surface area contributed by atoms with Crippen LogP contribution in [0.1, 0.15) is 0 Å². The van der Waals surface area contributed by atoms with Crippen LogP contribution in [0.2, 0.25) is 0 Å². The lowest BCUT2D eigenvalue weighted by molar-refractivity contribution is 0.415. The van der Waals surface area contributed by atoms with Gasteiger partial charge in [0.1, 0.15) is 5.75 Å². The molecule has 0 heterocycles. The van der Waals surface area contributed by atoms with E-state index in [2.05, 4.69) is 31.9 Å². The molecule has 1 aromatic rings. The first-order valence-electron chi connectivity index (χ1n) is 4.77. The molecular formula is C13H16OSi. The lowest BCUT2D eigenvalue weighted by atomic mass is 10.3. The minimum Gasteiger partial charge on any atom is -0.497 e. The van der Waals surface area contributed by atoms with E-state index >= 15 is 0 Å². The molecule has 0 saturated heterocycles. The Morgan fingerprint density at radius 1 is 1.00 bits per heavy atom. The quantitative estimate of drug-likeness (QED) is 0.687. The zero-order chi connectivity index (χ0) is 11.3. The van der Waals surface area contributed by atoms with Gasteiger partial charge in [-0.05, 0) is 17.3 Å². The highest BCUT2D eigenvalue weighted by molar-refractivity contribution is 7.03. The Kier molecular flexibility index (Phi) is 3.69. The first-order chi connectivity index (χ1) is 7.22. The zero-order valence-electron chi connectivity index (χ0n) is 9.07. The Morgan fingerprint density at radius 3 is 1.80 bits per heavy atom. The highest BCUT2D eigenvalue weighted by atomic mass is 28.3. The Morgan fingerprint density at radius 2 is 1.47 bits per heavy atom. The lowest BCUT2D eigenvalue weighted by Gasteiger charge is -2.20. The minimum absolute atomic E-state index is 0.860. The molecule has 0 N–H and O–H groups in total. The van der Waals surface area contributed by atoms with Gasteiger partial charge in [0.15, 0.2) is 8.07 Å². The van der Waals surface area contributed by atoms with Crippen molar-refractivity contribution in [2.75, 3.05) is 7.11 Å². The van der Waals surface area contributed by atoms with Crippen molar-refractivity contribution < 1.29 is 4.74 Å². The molecule has 0 radical (unpaired) electrons. The fraction of sp³-hybridized carbons (Fsp3) is 0.0769. The van der Waals surface area contributed by atoms with E-state index in [1.54, 1.807) is 7.11 Å². The summed E-state index contributed by atoms with van der Waals surface area (Å²) in [5.41, 5.74) is 5.90. The highest BCUT2D eigenvalue weighted by Crippen LogP contribution is 2.12. The van der Waals surface area contributed by atoms with Gasteiger partial charge in [-0.15, -0.1) is 19.7 Å². The molecule has 15 heavy (non-hydrogen) atoms. The van der Waals surface area contributed by atoms with E-state index in [0.717, 1.165) is 5.75 Å². The number of hydrogen-bond acceptors (Lipinski definition) is 1. The van der Waals surface area contributed by atoms with Gasteiger partial charge < -0.3 is 4.74 Å². The smallest absolute Gasteiger partial charge is 0.156 e. The second-order valence-corrected chi connectivity index (χ2v) is 6.94.